The molecular formula is C16H21F3N4O. The van der Waals surface area contributed by atoms with E-state index in [1.54, 1.807) is 0 Å². The Morgan fingerprint density at radius 1 is 1.21 bits per heavy atom. The highest BCUT2D eigenvalue weighted by molar-refractivity contribution is 5.73. The van der Waals surface area contributed by atoms with Crippen molar-refractivity contribution in [2.75, 3.05) is 46.3 Å². The third kappa shape index (κ3) is 3.64. The van der Waals surface area contributed by atoms with Crippen LogP contribution in [-0.2, 0) is 6.54 Å². The largest absolute Gasteiger partial charge is 0.336 e. The number of urea groups is 1. The number of amides is 2. The second-order valence-corrected chi connectivity index (χ2v) is 6.41. The smallest absolute Gasteiger partial charge is 0.317 e. The molecule has 5 nitrogen and oxygen atoms in total. The van der Waals surface area contributed by atoms with Gasteiger partial charge in [-0.05, 0) is 17.7 Å². The first-order valence-electron chi connectivity index (χ1n) is 8.03. The van der Waals surface area contributed by atoms with Crippen LogP contribution in [0.25, 0.3) is 0 Å². The van der Waals surface area contributed by atoms with Gasteiger partial charge in [-0.3, -0.25) is 9.80 Å². The van der Waals surface area contributed by atoms with Gasteiger partial charge in [-0.2, -0.15) is 0 Å². The number of piperazine rings is 3. The number of carbonyl (C=O) groups is 1. The molecule has 0 aliphatic carbocycles. The van der Waals surface area contributed by atoms with Crippen LogP contribution in [0.1, 0.15) is 5.56 Å². The SMILES string of the molecule is CN(Cc1cc(F)c(F)c(F)c1)C(=O)NCC1CN2CCN1CC2. The number of carbonyl (C=O) groups excluding carboxylic acids is 1. The molecule has 132 valence electrons. The van der Waals surface area contributed by atoms with Gasteiger partial charge in [0.2, 0.25) is 0 Å². The van der Waals surface area contributed by atoms with Gasteiger partial charge in [-0.1, -0.05) is 0 Å². The normalized spacial score (nSPS) is 25.6. The van der Waals surface area contributed by atoms with E-state index in [0.29, 0.717) is 12.6 Å². The molecule has 1 unspecified atom stereocenters. The van der Waals surface area contributed by atoms with E-state index in [1.807, 2.05) is 0 Å². The predicted octanol–water partition coefficient (Wildman–Crippen LogP) is 1.25. The lowest BCUT2D eigenvalue weighted by atomic mass is 10.1. The molecule has 0 saturated carbocycles. The minimum atomic E-state index is -1.50. The van der Waals surface area contributed by atoms with E-state index < -0.39 is 17.5 Å². The topological polar surface area (TPSA) is 38.8 Å². The summed E-state index contributed by atoms with van der Waals surface area (Å²) in [5.74, 6) is -4.00. The van der Waals surface area contributed by atoms with E-state index in [-0.39, 0.29) is 18.1 Å². The summed E-state index contributed by atoms with van der Waals surface area (Å²) in [6.45, 7) is 5.66. The van der Waals surface area contributed by atoms with E-state index in [1.165, 1.54) is 11.9 Å². The lowest BCUT2D eigenvalue weighted by Gasteiger charge is -2.47. The van der Waals surface area contributed by atoms with Gasteiger partial charge in [0, 0.05) is 58.9 Å². The lowest BCUT2D eigenvalue weighted by Crippen LogP contribution is -2.63. The van der Waals surface area contributed by atoms with Crippen molar-refractivity contribution < 1.29 is 18.0 Å². The highest BCUT2D eigenvalue weighted by Gasteiger charge is 2.31. The Morgan fingerprint density at radius 3 is 2.38 bits per heavy atom. The molecule has 3 heterocycles. The summed E-state index contributed by atoms with van der Waals surface area (Å²) in [5.41, 5.74) is 0.204. The van der Waals surface area contributed by atoms with Crippen molar-refractivity contribution in [2.45, 2.75) is 12.6 Å². The molecule has 3 aliphatic heterocycles. The summed E-state index contributed by atoms with van der Waals surface area (Å²) in [7, 11) is 1.53. The number of hydrogen-bond acceptors (Lipinski definition) is 3. The van der Waals surface area contributed by atoms with Crippen LogP contribution in [0.15, 0.2) is 12.1 Å². The standard InChI is InChI=1S/C16H21F3N4O/c1-21(9-11-6-13(17)15(19)14(18)7-11)16(24)20-8-12-10-22-2-4-23(12)5-3-22/h6-7,12H,2-5,8-10H2,1H3,(H,20,24). The fourth-order valence-electron chi connectivity index (χ4n) is 3.30. The maximum atomic E-state index is 13.2. The first kappa shape index (κ1) is 17.0. The van der Waals surface area contributed by atoms with Crippen molar-refractivity contribution in [3.05, 3.63) is 35.1 Å². The van der Waals surface area contributed by atoms with Gasteiger partial charge in [-0.25, -0.2) is 18.0 Å². The number of fused-ring (bicyclic) bond motifs is 3. The molecule has 3 saturated heterocycles. The van der Waals surface area contributed by atoms with E-state index in [4.69, 9.17) is 0 Å². The first-order valence-corrected chi connectivity index (χ1v) is 8.03. The van der Waals surface area contributed by atoms with Gasteiger partial charge in [-0.15, -0.1) is 0 Å². The molecule has 0 spiro atoms. The Morgan fingerprint density at radius 2 is 1.83 bits per heavy atom. The second kappa shape index (κ2) is 6.98. The molecule has 3 fully saturated rings. The fraction of sp³-hybridized carbons (Fsp3) is 0.562. The van der Waals surface area contributed by atoms with Crippen LogP contribution in [0, 0.1) is 17.5 Å². The summed E-state index contributed by atoms with van der Waals surface area (Å²) in [5, 5.41) is 2.85. The number of nitrogens with one attached hydrogen (secondary N) is 1. The molecule has 0 radical (unpaired) electrons. The molecule has 1 atom stereocenters. The Kier molecular flexibility index (Phi) is 4.96. The van der Waals surface area contributed by atoms with Crippen molar-refractivity contribution in [2.24, 2.45) is 0 Å². The summed E-state index contributed by atoms with van der Waals surface area (Å²) in [4.78, 5) is 18.2. The zero-order valence-electron chi connectivity index (χ0n) is 13.6. The van der Waals surface area contributed by atoms with Crippen LogP contribution >= 0.6 is 0 Å². The summed E-state index contributed by atoms with van der Waals surface area (Å²) < 4.78 is 39.4. The van der Waals surface area contributed by atoms with Gasteiger partial charge < -0.3 is 10.2 Å². The van der Waals surface area contributed by atoms with Crippen LogP contribution < -0.4 is 5.32 Å². The van der Waals surface area contributed by atoms with Crippen molar-refractivity contribution in [1.29, 1.82) is 0 Å². The highest BCUT2D eigenvalue weighted by atomic mass is 19.2. The average Bonchev–Trinajstić information content (AvgIpc) is 2.58. The zero-order chi connectivity index (χ0) is 17.3. The van der Waals surface area contributed by atoms with Crippen LogP contribution in [0.3, 0.4) is 0 Å². The number of benzene rings is 1. The Hall–Kier alpha value is -1.80. The van der Waals surface area contributed by atoms with Crippen molar-refractivity contribution in [3.63, 3.8) is 0 Å². The number of rotatable bonds is 4. The van der Waals surface area contributed by atoms with Crippen molar-refractivity contribution in [3.8, 4) is 0 Å². The molecular weight excluding hydrogens is 321 g/mol. The summed E-state index contributed by atoms with van der Waals surface area (Å²) >= 11 is 0. The van der Waals surface area contributed by atoms with Crippen LogP contribution in [-0.4, -0.2) is 73.1 Å². The molecule has 2 bridgehead atoms. The Labute approximate surface area is 139 Å². The number of hydrogen-bond donors (Lipinski definition) is 1. The Balaban J connectivity index is 1.51. The van der Waals surface area contributed by atoms with Gasteiger partial charge in [0.05, 0.1) is 0 Å². The minimum absolute atomic E-state index is 0.000456. The molecule has 4 rings (SSSR count). The van der Waals surface area contributed by atoms with Gasteiger partial charge in [0.15, 0.2) is 17.5 Å². The molecule has 1 aromatic rings. The molecule has 8 heteroatoms. The number of nitrogens with zero attached hydrogens (tertiary/aromatic N) is 3. The molecule has 0 aromatic heterocycles. The first-order chi connectivity index (χ1) is 11.4. The lowest BCUT2D eigenvalue weighted by molar-refractivity contribution is 0.0144. The monoisotopic (exact) mass is 342 g/mol. The molecule has 1 N–H and O–H groups in total. The fourth-order valence-corrected chi connectivity index (χ4v) is 3.30. The maximum Gasteiger partial charge on any atom is 0.317 e. The van der Waals surface area contributed by atoms with Gasteiger partial charge in [0.1, 0.15) is 0 Å². The summed E-state index contributed by atoms with van der Waals surface area (Å²) in [6.07, 6.45) is 0. The maximum absolute atomic E-state index is 13.2. The molecule has 1 aromatic carbocycles. The second-order valence-electron chi connectivity index (χ2n) is 6.41. The van der Waals surface area contributed by atoms with Gasteiger partial charge in [0.25, 0.3) is 0 Å². The van der Waals surface area contributed by atoms with E-state index in [2.05, 4.69) is 15.1 Å². The van der Waals surface area contributed by atoms with Crippen LogP contribution in [0.2, 0.25) is 0 Å². The predicted molar refractivity (Wildman–Crippen MR) is 83.0 cm³/mol. The highest BCUT2D eigenvalue weighted by Crippen LogP contribution is 2.16. The van der Waals surface area contributed by atoms with Crippen LogP contribution in [0.5, 0.6) is 0 Å². The quantitative estimate of drug-likeness (QED) is 0.837. The molecule has 2 amide bonds. The van der Waals surface area contributed by atoms with Crippen molar-refractivity contribution in [1.82, 2.24) is 20.0 Å². The average molecular weight is 342 g/mol. The number of halogens is 3. The van der Waals surface area contributed by atoms with Gasteiger partial charge >= 0.3 is 6.03 Å². The summed E-state index contributed by atoms with van der Waals surface area (Å²) in [6, 6.07) is 1.78. The minimum Gasteiger partial charge on any atom is -0.336 e. The van der Waals surface area contributed by atoms with E-state index >= 15 is 0 Å². The van der Waals surface area contributed by atoms with E-state index in [9.17, 15) is 18.0 Å². The molecule has 3 aliphatic rings. The van der Waals surface area contributed by atoms with Crippen molar-refractivity contribution >= 4 is 6.03 Å². The third-order valence-electron chi connectivity index (χ3n) is 4.69. The Bertz CT molecular complexity index is 596. The van der Waals surface area contributed by atoms with Crippen LogP contribution in [0.4, 0.5) is 18.0 Å². The van der Waals surface area contributed by atoms with E-state index in [0.717, 1.165) is 44.9 Å². The third-order valence-corrected chi connectivity index (χ3v) is 4.69. The molecule has 24 heavy (non-hydrogen) atoms. The zero-order valence-corrected chi connectivity index (χ0v) is 13.6.